The minimum absolute atomic E-state index is 0.0960. The van der Waals surface area contributed by atoms with Crippen molar-refractivity contribution in [3.63, 3.8) is 0 Å². The molecule has 8 heteroatoms. The summed E-state index contributed by atoms with van der Waals surface area (Å²) in [6, 6.07) is -0.0960. The third-order valence-electron chi connectivity index (χ3n) is 3.46. The van der Waals surface area contributed by atoms with Gasteiger partial charge in [0.2, 0.25) is 0 Å². The summed E-state index contributed by atoms with van der Waals surface area (Å²) in [7, 11) is 0. The molecule has 2 heterocycles. The predicted octanol–water partition coefficient (Wildman–Crippen LogP) is 0.0220. The molecule has 1 aliphatic rings. The molecule has 116 valence electrons. The first kappa shape index (κ1) is 16.0. The second kappa shape index (κ2) is 6.59. The molecule has 1 aromatic rings. The van der Waals surface area contributed by atoms with Gasteiger partial charge >= 0.3 is 5.69 Å². The van der Waals surface area contributed by atoms with Gasteiger partial charge in [-0.1, -0.05) is 0 Å². The van der Waals surface area contributed by atoms with E-state index in [1.165, 1.54) is 11.8 Å². The van der Waals surface area contributed by atoms with Gasteiger partial charge in [-0.3, -0.25) is 4.79 Å². The van der Waals surface area contributed by atoms with E-state index >= 15 is 0 Å². The van der Waals surface area contributed by atoms with Crippen molar-refractivity contribution in [3.05, 3.63) is 21.7 Å². The van der Waals surface area contributed by atoms with Crippen molar-refractivity contribution in [2.45, 2.75) is 31.0 Å². The van der Waals surface area contributed by atoms with Crippen LogP contribution in [0.4, 0.5) is 0 Å². The molecule has 0 bridgehead atoms. The van der Waals surface area contributed by atoms with E-state index in [0.717, 1.165) is 0 Å². The number of nitrogens with zero attached hydrogens (tertiary/aromatic N) is 2. The second-order valence-corrected chi connectivity index (χ2v) is 5.79. The SMILES string of the molecule is CSc1nc(=O)[nH]c(C)c1C(=O)N1CC(CO)OCC1C. The molecule has 21 heavy (non-hydrogen) atoms. The molecule has 2 unspecified atom stereocenters. The molecular formula is C13H19N3O4S. The number of amides is 1. The van der Waals surface area contributed by atoms with E-state index in [4.69, 9.17) is 4.74 Å². The molecule has 2 N–H and O–H groups in total. The average molecular weight is 313 g/mol. The van der Waals surface area contributed by atoms with E-state index in [1.807, 2.05) is 6.92 Å². The van der Waals surface area contributed by atoms with Crippen molar-refractivity contribution >= 4 is 17.7 Å². The highest BCUT2D eigenvalue weighted by molar-refractivity contribution is 7.98. The van der Waals surface area contributed by atoms with Crippen LogP contribution in [0.5, 0.6) is 0 Å². The molecule has 0 saturated carbocycles. The Morgan fingerprint density at radius 2 is 2.33 bits per heavy atom. The molecule has 0 aliphatic carbocycles. The van der Waals surface area contributed by atoms with Crippen LogP contribution < -0.4 is 5.69 Å². The van der Waals surface area contributed by atoms with E-state index in [1.54, 1.807) is 18.1 Å². The smallest absolute Gasteiger partial charge is 0.346 e. The number of H-pyrrole nitrogens is 1. The second-order valence-electron chi connectivity index (χ2n) is 5.00. The lowest BCUT2D eigenvalue weighted by Crippen LogP contribution is -2.52. The van der Waals surface area contributed by atoms with Crippen molar-refractivity contribution in [3.8, 4) is 0 Å². The number of aliphatic hydroxyl groups excluding tert-OH is 1. The summed E-state index contributed by atoms with van der Waals surface area (Å²) < 4.78 is 5.44. The van der Waals surface area contributed by atoms with Gasteiger partial charge in [0.15, 0.2) is 0 Å². The van der Waals surface area contributed by atoms with Crippen LogP contribution >= 0.6 is 11.8 Å². The van der Waals surface area contributed by atoms with E-state index in [0.29, 0.717) is 29.4 Å². The Bertz CT molecular complexity index is 589. The molecule has 0 radical (unpaired) electrons. The summed E-state index contributed by atoms with van der Waals surface area (Å²) in [5, 5.41) is 9.63. The summed E-state index contributed by atoms with van der Waals surface area (Å²) in [5.41, 5.74) is 0.452. The Morgan fingerprint density at radius 3 is 2.95 bits per heavy atom. The van der Waals surface area contributed by atoms with Crippen molar-refractivity contribution in [2.75, 3.05) is 26.0 Å². The predicted molar refractivity (Wildman–Crippen MR) is 78.7 cm³/mol. The number of morpholine rings is 1. The van der Waals surface area contributed by atoms with Crippen LogP contribution in [0.1, 0.15) is 23.0 Å². The van der Waals surface area contributed by atoms with Gasteiger partial charge in [0.25, 0.3) is 5.91 Å². The van der Waals surface area contributed by atoms with Gasteiger partial charge in [-0.05, 0) is 20.1 Å². The third kappa shape index (κ3) is 3.28. The summed E-state index contributed by atoms with van der Waals surface area (Å²) >= 11 is 1.26. The minimum Gasteiger partial charge on any atom is -0.394 e. The van der Waals surface area contributed by atoms with Gasteiger partial charge in [0.1, 0.15) is 5.03 Å². The number of aryl methyl sites for hydroxylation is 1. The average Bonchev–Trinajstić information content (AvgIpc) is 2.46. The van der Waals surface area contributed by atoms with Gasteiger partial charge in [0, 0.05) is 12.2 Å². The highest BCUT2D eigenvalue weighted by atomic mass is 32.2. The largest absolute Gasteiger partial charge is 0.394 e. The Hall–Kier alpha value is -1.38. The van der Waals surface area contributed by atoms with Gasteiger partial charge in [-0.2, -0.15) is 4.98 Å². The van der Waals surface area contributed by atoms with Gasteiger partial charge in [0.05, 0.1) is 30.9 Å². The van der Waals surface area contributed by atoms with Gasteiger partial charge in [-0.25, -0.2) is 4.79 Å². The molecule has 0 spiro atoms. The topological polar surface area (TPSA) is 95.5 Å². The number of aromatic amines is 1. The number of aromatic nitrogens is 2. The molecule has 1 aromatic heterocycles. The molecule has 2 atom stereocenters. The quantitative estimate of drug-likeness (QED) is 0.603. The Kier molecular flexibility index (Phi) is 5.02. The van der Waals surface area contributed by atoms with Crippen LogP contribution in [0, 0.1) is 6.92 Å². The van der Waals surface area contributed by atoms with E-state index in [-0.39, 0.29) is 24.7 Å². The third-order valence-corrected chi connectivity index (χ3v) is 4.15. The molecule has 2 rings (SSSR count). The zero-order valence-electron chi connectivity index (χ0n) is 12.3. The number of carbonyl (C=O) groups is 1. The summed E-state index contributed by atoms with van der Waals surface area (Å²) in [4.78, 5) is 32.3. The summed E-state index contributed by atoms with van der Waals surface area (Å²) in [5.74, 6) is -0.199. The first-order valence-corrected chi connectivity index (χ1v) is 7.88. The van der Waals surface area contributed by atoms with Gasteiger partial charge < -0.3 is 19.7 Å². The minimum atomic E-state index is -0.461. The Balaban J connectivity index is 2.37. The zero-order valence-corrected chi connectivity index (χ0v) is 13.1. The highest BCUT2D eigenvalue weighted by Gasteiger charge is 2.32. The van der Waals surface area contributed by atoms with Crippen LogP contribution in [0.2, 0.25) is 0 Å². The van der Waals surface area contributed by atoms with Crippen LogP contribution in [-0.4, -0.2) is 64.0 Å². The van der Waals surface area contributed by atoms with Crippen molar-refractivity contribution < 1.29 is 14.6 Å². The molecule has 1 saturated heterocycles. The normalized spacial score (nSPS) is 22.4. The number of ether oxygens (including phenoxy) is 1. The lowest BCUT2D eigenvalue weighted by Gasteiger charge is -2.37. The summed E-state index contributed by atoms with van der Waals surface area (Å²) in [6.07, 6.45) is 1.40. The Labute approximate surface area is 126 Å². The highest BCUT2D eigenvalue weighted by Crippen LogP contribution is 2.22. The monoisotopic (exact) mass is 313 g/mol. The molecule has 1 aliphatic heterocycles. The van der Waals surface area contributed by atoms with Crippen LogP contribution in [-0.2, 0) is 4.74 Å². The molecule has 1 amide bonds. The number of thioether (sulfide) groups is 1. The van der Waals surface area contributed by atoms with E-state index in [2.05, 4.69) is 9.97 Å². The Morgan fingerprint density at radius 1 is 1.62 bits per heavy atom. The molecule has 7 nitrogen and oxygen atoms in total. The first-order chi connectivity index (χ1) is 9.97. The van der Waals surface area contributed by atoms with E-state index in [9.17, 15) is 14.7 Å². The number of nitrogens with one attached hydrogen (secondary N) is 1. The zero-order chi connectivity index (χ0) is 15.6. The first-order valence-electron chi connectivity index (χ1n) is 6.66. The van der Waals surface area contributed by atoms with Crippen molar-refractivity contribution in [2.24, 2.45) is 0 Å². The fraction of sp³-hybridized carbons (Fsp3) is 0.615. The van der Waals surface area contributed by atoms with Crippen LogP contribution in [0.3, 0.4) is 0 Å². The number of carbonyl (C=O) groups excluding carboxylic acids is 1. The summed E-state index contributed by atoms with van der Waals surface area (Å²) in [6.45, 7) is 4.14. The van der Waals surface area contributed by atoms with E-state index < -0.39 is 5.69 Å². The lowest BCUT2D eigenvalue weighted by molar-refractivity contribution is -0.0668. The lowest BCUT2D eigenvalue weighted by atomic mass is 10.1. The van der Waals surface area contributed by atoms with Gasteiger partial charge in [-0.15, -0.1) is 11.8 Å². The standard InChI is InChI=1S/C13H19N3O4S/c1-7-6-20-9(5-17)4-16(7)12(18)10-8(2)14-13(19)15-11(10)21-3/h7,9,17H,4-6H2,1-3H3,(H,14,15,19). The molecule has 1 fully saturated rings. The fourth-order valence-electron chi connectivity index (χ4n) is 2.31. The van der Waals surface area contributed by atoms with Crippen molar-refractivity contribution in [1.29, 1.82) is 0 Å². The number of hydrogen-bond acceptors (Lipinski definition) is 6. The fourth-order valence-corrected chi connectivity index (χ4v) is 2.93. The van der Waals surface area contributed by atoms with Crippen LogP contribution in [0.15, 0.2) is 9.82 Å². The molecule has 0 aromatic carbocycles. The maximum Gasteiger partial charge on any atom is 0.346 e. The maximum absolute atomic E-state index is 12.8. The van der Waals surface area contributed by atoms with Crippen molar-refractivity contribution in [1.82, 2.24) is 14.9 Å². The molecular weight excluding hydrogens is 294 g/mol. The number of aliphatic hydroxyl groups is 1. The van der Waals surface area contributed by atoms with Crippen LogP contribution in [0.25, 0.3) is 0 Å². The maximum atomic E-state index is 12.8. The number of hydrogen-bond donors (Lipinski definition) is 2. The number of rotatable bonds is 3.